The Balaban J connectivity index is 2.44. The summed E-state index contributed by atoms with van der Waals surface area (Å²) in [6.07, 6.45) is 0.105. The lowest BCUT2D eigenvalue weighted by Crippen LogP contribution is -2.29. The summed E-state index contributed by atoms with van der Waals surface area (Å²) >= 11 is 5.97. The molecule has 7 nitrogen and oxygen atoms in total. The molecular formula is C14H19ClNO6PS. The van der Waals surface area contributed by atoms with Crippen LogP contribution in [0.1, 0.15) is 32.8 Å². The molecule has 134 valence electrons. The molecule has 2 rings (SSSR count). The fourth-order valence-corrected chi connectivity index (χ4v) is 4.99. The summed E-state index contributed by atoms with van der Waals surface area (Å²) in [5.41, 5.74) is 0.662. The number of fused-ring (bicyclic) bond motifs is 1. The molecule has 1 aliphatic heterocycles. The van der Waals surface area contributed by atoms with E-state index in [0.717, 1.165) is 0 Å². The van der Waals surface area contributed by atoms with E-state index in [0.29, 0.717) is 16.3 Å². The fourth-order valence-electron chi connectivity index (χ4n) is 2.27. The van der Waals surface area contributed by atoms with Gasteiger partial charge in [0.1, 0.15) is 0 Å². The molecule has 0 aromatic heterocycles. The summed E-state index contributed by atoms with van der Waals surface area (Å²) in [7, 11) is -7.30. The van der Waals surface area contributed by atoms with Gasteiger partial charge in [-0.25, -0.2) is 13.0 Å². The maximum absolute atomic E-state index is 12.4. The summed E-state index contributed by atoms with van der Waals surface area (Å²) in [4.78, 5) is 0.121. The molecule has 0 radical (unpaired) electrons. The average Bonchev–Trinajstić information content (AvgIpc) is 2.50. The van der Waals surface area contributed by atoms with Crippen molar-refractivity contribution in [3.63, 3.8) is 0 Å². The Labute approximate surface area is 146 Å². The van der Waals surface area contributed by atoms with Gasteiger partial charge in [0.2, 0.25) is 0 Å². The van der Waals surface area contributed by atoms with Gasteiger partial charge in [0, 0.05) is 17.0 Å². The molecule has 24 heavy (non-hydrogen) atoms. The number of oxime groups is 1. The van der Waals surface area contributed by atoms with E-state index in [1.54, 1.807) is 20.8 Å². The highest BCUT2D eigenvalue weighted by Crippen LogP contribution is 2.49. The molecule has 1 aromatic carbocycles. The van der Waals surface area contributed by atoms with Crippen LogP contribution in [0, 0.1) is 0 Å². The molecule has 10 heteroatoms. The number of nitrogens with zero attached hydrogens (tertiary/aromatic N) is 1. The summed E-state index contributed by atoms with van der Waals surface area (Å²) in [6.45, 7) is 5.11. The number of phosphoric acid groups is 1. The highest BCUT2D eigenvalue weighted by Gasteiger charge is 2.36. The number of rotatable bonds is 6. The van der Waals surface area contributed by atoms with Crippen molar-refractivity contribution in [2.45, 2.75) is 37.3 Å². The van der Waals surface area contributed by atoms with E-state index in [2.05, 4.69) is 5.16 Å². The van der Waals surface area contributed by atoms with Crippen LogP contribution in [-0.2, 0) is 28.1 Å². The molecule has 1 aromatic rings. The van der Waals surface area contributed by atoms with Crippen LogP contribution in [-0.4, -0.2) is 32.6 Å². The highest BCUT2D eigenvalue weighted by molar-refractivity contribution is 7.92. The smallest absolute Gasteiger partial charge is 0.292 e. The summed E-state index contributed by atoms with van der Waals surface area (Å²) in [5, 5.41) is 3.55. The molecular weight excluding hydrogens is 377 g/mol. The predicted molar refractivity (Wildman–Crippen MR) is 91.2 cm³/mol. The molecule has 0 unspecified atom stereocenters. The third-order valence-corrected chi connectivity index (χ3v) is 7.26. The third kappa shape index (κ3) is 4.00. The lowest BCUT2D eigenvalue weighted by atomic mass is 10.1. The van der Waals surface area contributed by atoms with Crippen molar-refractivity contribution in [2.75, 3.05) is 13.2 Å². The van der Waals surface area contributed by atoms with Gasteiger partial charge in [-0.3, -0.25) is 13.7 Å². The number of phosphoric ester groups is 1. The normalized spacial score (nSPS) is 21.5. The maximum atomic E-state index is 12.4. The van der Waals surface area contributed by atoms with Crippen LogP contribution in [0.15, 0.2) is 28.3 Å². The van der Waals surface area contributed by atoms with Gasteiger partial charge in [-0.2, -0.15) is 0 Å². The van der Waals surface area contributed by atoms with Gasteiger partial charge in [-0.05, 0) is 39.0 Å². The van der Waals surface area contributed by atoms with E-state index in [1.807, 2.05) is 0 Å². The number of hydrogen-bond donors (Lipinski definition) is 0. The third-order valence-electron chi connectivity index (χ3n) is 3.40. The van der Waals surface area contributed by atoms with Crippen LogP contribution in [0.5, 0.6) is 0 Å². The first-order valence-corrected chi connectivity index (χ1v) is 10.8. The Kier molecular flexibility index (Phi) is 6.09. The van der Waals surface area contributed by atoms with Crippen LogP contribution >= 0.6 is 19.4 Å². The average molecular weight is 396 g/mol. The summed E-state index contributed by atoms with van der Waals surface area (Å²) in [5.74, 6) is 0. The van der Waals surface area contributed by atoms with Crippen molar-refractivity contribution in [2.24, 2.45) is 5.16 Å². The number of halogens is 1. The van der Waals surface area contributed by atoms with Gasteiger partial charge in [0.05, 0.1) is 29.1 Å². The zero-order chi connectivity index (χ0) is 18.0. The monoisotopic (exact) mass is 395 g/mol. The first-order valence-electron chi connectivity index (χ1n) is 7.42. The Morgan fingerprint density at radius 2 is 1.92 bits per heavy atom. The van der Waals surface area contributed by atoms with E-state index >= 15 is 0 Å². The fraction of sp³-hybridized carbons (Fsp3) is 0.500. The number of sulfone groups is 1. The minimum atomic E-state index is -3.83. The SMILES string of the molecule is CCOP(=O)(OCC)O/N=C1/C[C@@H](C)S(=O)(=O)c2ccc(Cl)cc21. The van der Waals surface area contributed by atoms with Crippen molar-refractivity contribution < 1.29 is 26.7 Å². The molecule has 0 N–H and O–H groups in total. The lowest BCUT2D eigenvalue weighted by Gasteiger charge is -2.23. The second-order valence-electron chi connectivity index (χ2n) is 5.10. The lowest BCUT2D eigenvalue weighted by molar-refractivity contribution is 0.124. The summed E-state index contributed by atoms with van der Waals surface area (Å²) < 4.78 is 52.2. The molecule has 0 saturated carbocycles. The number of hydrogen-bond acceptors (Lipinski definition) is 7. The van der Waals surface area contributed by atoms with Crippen molar-refractivity contribution in [1.29, 1.82) is 0 Å². The second-order valence-corrected chi connectivity index (χ2v) is 9.45. The van der Waals surface area contributed by atoms with Crippen LogP contribution in [0.4, 0.5) is 0 Å². The van der Waals surface area contributed by atoms with E-state index in [-0.39, 0.29) is 24.5 Å². The van der Waals surface area contributed by atoms with Crippen molar-refractivity contribution in [3.8, 4) is 0 Å². The molecule has 1 aliphatic rings. The van der Waals surface area contributed by atoms with Gasteiger partial charge in [-0.15, -0.1) is 0 Å². The zero-order valence-corrected chi connectivity index (χ0v) is 16.0. The summed E-state index contributed by atoms with van der Waals surface area (Å²) in [6, 6.07) is 4.43. The molecule has 0 fully saturated rings. The molecule has 0 bridgehead atoms. The molecule has 1 heterocycles. The second kappa shape index (κ2) is 7.54. The molecule has 0 spiro atoms. The van der Waals surface area contributed by atoms with Crippen LogP contribution in [0.3, 0.4) is 0 Å². The molecule has 0 amide bonds. The minimum Gasteiger partial charge on any atom is -0.292 e. The standard InChI is InChI=1S/C14H19ClNO6PS/c1-4-20-23(17,21-5-2)22-16-13-8-10(3)24(18,19)14-7-6-11(15)9-12(13)14/h6-7,9-10H,4-5,8H2,1-3H3/b16-13-/t10-/m1/s1. The Morgan fingerprint density at radius 1 is 1.29 bits per heavy atom. The maximum Gasteiger partial charge on any atom is 0.550 e. The van der Waals surface area contributed by atoms with Crippen molar-refractivity contribution >= 4 is 35.0 Å². The molecule has 0 aliphatic carbocycles. The van der Waals surface area contributed by atoms with Crippen LogP contribution < -0.4 is 0 Å². The topological polar surface area (TPSA) is 91.3 Å². The zero-order valence-electron chi connectivity index (χ0n) is 13.6. The first kappa shape index (κ1) is 19.4. The number of benzene rings is 1. The van der Waals surface area contributed by atoms with Crippen LogP contribution in [0.2, 0.25) is 5.02 Å². The highest BCUT2D eigenvalue weighted by atomic mass is 35.5. The Bertz CT molecular complexity index is 784. The Hall–Kier alpha value is -0.920. The Morgan fingerprint density at radius 3 is 2.50 bits per heavy atom. The largest absolute Gasteiger partial charge is 0.550 e. The minimum absolute atomic E-state index is 0.105. The molecule has 1 atom stereocenters. The van der Waals surface area contributed by atoms with Gasteiger partial charge >= 0.3 is 7.82 Å². The van der Waals surface area contributed by atoms with Crippen molar-refractivity contribution in [1.82, 2.24) is 0 Å². The van der Waals surface area contributed by atoms with Gasteiger partial charge in [0.25, 0.3) is 0 Å². The predicted octanol–water partition coefficient (Wildman–Crippen LogP) is 3.81. The van der Waals surface area contributed by atoms with E-state index in [1.165, 1.54) is 18.2 Å². The van der Waals surface area contributed by atoms with E-state index < -0.39 is 22.9 Å². The quantitative estimate of drug-likeness (QED) is 0.537. The first-order chi connectivity index (χ1) is 11.2. The van der Waals surface area contributed by atoms with Gasteiger partial charge in [-0.1, -0.05) is 16.8 Å². The van der Waals surface area contributed by atoms with Crippen LogP contribution in [0.25, 0.3) is 0 Å². The molecule has 0 saturated heterocycles. The van der Waals surface area contributed by atoms with Crippen molar-refractivity contribution in [3.05, 3.63) is 28.8 Å². The van der Waals surface area contributed by atoms with Gasteiger partial charge < -0.3 is 0 Å². The van der Waals surface area contributed by atoms with Gasteiger partial charge in [0.15, 0.2) is 9.84 Å². The van der Waals surface area contributed by atoms with E-state index in [4.69, 9.17) is 25.3 Å². The van der Waals surface area contributed by atoms with E-state index in [9.17, 15) is 13.0 Å².